The molecule has 3 fully saturated rings. The lowest BCUT2D eigenvalue weighted by Gasteiger charge is -2.37. The number of oxazole rings is 1. The molecule has 3 amide bonds. The topological polar surface area (TPSA) is 174 Å². The molecule has 284 valence electrons. The lowest BCUT2D eigenvalue weighted by atomic mass is 9.84. The number of hydrogen-bond acceptors (Lipinski definition) is 11. The van der Waals surface area contributed by atoms with E-state index in [4.69, 9.17) is 14.3 Å². The Morgan fingerprint density at radius 1 is 1.02 bits per heavy atom. The molecule has 55 heavy (non-hydrogen) atoms. The summed E-state index contributed by atoms with van der Waals surface area (Å²) < 4.78 is 16.4. The Balaban J connectivity index is 0.785. The molecular weight excluding hydrogens is 704 g/mol. The first kappa shape index (κ1) is 34.7. The van der Waals surface area contributed by atoms with Crippen LogP contribution in [0.4, 0.5) is 11.5 Å². The van der Waals surface area contributed by atoms with Crippen molar-refractivity contribution in [2.45, 2.75) is 57.0 Å². The monoisotopic (exact) mass is 746 g/mol. The van der Waals surface area contributed by atoms with Gasteiger partial charge in [0.1, 0.15) is 11.8 Å². The molecule has 1 atom stereocenters. The Labute approximate surface area is 315 Å². The minimum absolute atomic E-state index is 0.186. The number of fused-ring (bicyclic) bond motifs is 3. The molecule has 3 aliphatic rings. The highest BCUT2D eigenvalue weighted by Crippen LogP contribution is 2.36. The number of rotatable bonds is 9. The van der Waals surface area contributed by atoms with Gasteiger partial charge in [-0.15, -0.1) is 0 Å². The second-order valence-corrected chi connectivity index (χ2v) is 14.7. The summed E-state index contributed by atoms with van der Waals surface area (Å²) in [4.78, 5) is 59.6. The molecule has 6 heterocycles. The van der Waals surface area contributed by atoms with Crippen LogP contribution in [0.5, 0.6) is 5.75 Å². The van der Waals surface area contributed by atoms with Crippen LogP contribution in [0.2, 0.25) is 0 Å². The summed E-state index contributed by atoms with van der Waals surface area (Å²) in [6.07, 6.45) is 11.2. The van der Waals surface area contributed by atoms with E-state index in [-0.39, 0.29) is 24.7 Å². The number of aromatic nitrogens is 6. The number of carbonyl (C=O) groups excluding carboxylic acids is 3. The van der Waals surface area contributed by atoms with Crippen LogP contribution in [0, 0.1) is 5.92 Å². The summed E-state index contributed by atoms with van der Waals surface area (Å²) in [6, 6.07) is 12.5. The molecule has 16 heteroatoms. The lowest BCUT2D eigenvalue weighted by Crippen LogP contribution is -2.47. The molecule has 9 rings (SSSR count). The molecule has 2 aliphatic heterocycles. The van der Waals surface area contributed by atoms with Crippen molar-refractivity contribution in [3.63, 3.8) is 0 Å². The molecule has 2 saturated heterocycles. The number of benzene rings is 2. The molecule has 4 aromatic heterocycles. The van der Waals surface area contributed by atoms with E-state index in [1.165, 1.54) is 4.57 Å². The van der Waals surface area contributed by atoms with Crippen molar-refractivity contribution in [1.82, 2.24) is 39.2 Å². The van der Waals surface area contributed by atoms with Gasteiger partial charge in [0, 0.05) is 56.4 Å². The summed E-state index contributed by atoms with van der Waals surface area (Å²) in [7, 11) is 1.55. The molecule has 1 unspecified atom stereocenters. The third-order valence-corrected chi connectivity index (χ3v) is 11.5. The number of methoxy groups -OCH3 is 1. The number of carbonyl (C=O) groups is 3. The summed E-state index contributed by atoms with van der Waals surface area (Å²) in [6.45, 7) is 4.46. The van der Waals surface area contributed by atoms with Crippen LogP contribution in [0.3, 0.4) is 0 Å². The van der Waals surface area contributed by atoms with Crippen molar-refractivity contribution in [2.24, 2.45) is 5.92 Å². The first-order chi connectivity index (χ1) is 26.8. The van der Waals surface area contributed by atoms with Gasteiger partial charge in [-0.1, -0.05) is 6.07 Å². The highest BCUT2D eigenvalue weighted by atomic mass is 16.5. The van der Waals surface area contributed by atoms with Crippen LogP contribution in [0.25, 0.3) is 27.6 Å². The van der Waals surface area contributed by atoms with Gasteiger partial charge in [0.2, 0.25) is 11.8 Å². The molecule has 2 N–H and O–H groups in total. The van der Waals surface area contributed by atoms with Crippen molar-refractivity contribution >= 4 is 56.9 Å². The van der Waals surface area contributed by atoms with Gasteiger partial charge in [0.05, 0.1) is 41.6 Å². The molecule has 0 spiro atoms. The van der Waals surface area contributed by atoms with E-state index in [0.717, 1.165) is 81.4 Å². The van der Waals surface area contributed by atoms with Gasteiger partial charge in [0.25, 0.3) is 5.91 Å². The van der Waals surface area contributed by atoms with Crippen LogP contribution in [-0.4, -0.2) is 91.4 Å². The molecule has 6 aromatic rings. The van der Waals surface area contributed by atoms with Gasteiger partial charge in [-0.3, -0.25) is 33.8 Å². The van der Waals surface area contributed by atoms with Crippen LogP contribution in [0.1, 0.15) is 67.4 Å². The number of piperidine rings is 1. The van der Waals surface area contributed by atoms with E-state index in [2.05, 4.69) is 35.2 Å². The number of anilines is 2. The molecule has 0 radical (unpaired) electrons. The number of imidazole rings is 1. The van der Waals surface area contributed by atoms with Gasteiger partial charge in [0.15, 0.2) is 17.0 Å². The average Bonchev–Trinajstić information content (AvgIpc) is 3.91. The molecule has 0 bridgehead atoms. The molecule has 1 aliphatic carbocycles. The smallest absolute Gasteiger partial charge is 0.420 e. The maximum atomic E-state index is 13.4. The van der Waals surface area contributed by atoms with E-state index in [1.54, 1.807) is 36.2 Å². The fourth-order valence-corrected chi connectivity index (χ4v) is 8.49. The van der Waals surface area contributed by atoms with Gasteiger partial charge in [-0.2, -0.15) is 14.7 Å². The van der Waals surface area contributed by atoms with Crippen LogP contribution < -0.4 is 26.0 Å². The van der Waals surface area contributed by atoms with E-state index >= 15 is 0 Å². The predicted molar refractivity (Wildman–Crippen MR) is 203 cm³/mol. The molecule has 1 saturated carbocycles. The molecule has 2 aromatic carbocycles. The fourth-order valence-electron chi connectivity index (χ4n) is 8.49. The SMILES string of the molecule is COc1cc2nn(C3CCC(CCN4CCN(c5cccc6c5oc(=O)n6C5CCC(=O)NC5=O)CC4)CC3)cc2cc1C(=O)Nc1cnc2cccnn12. The van der Waals surface area contributed by atoms with E-state index < -0.39 is 17.7 Å². The maximum Gasteiger partial charge on any atom is 0.420 e. The van der Waals surface area contributed by atoms with Gasteiger partial charge < -0.3 is 19.4 Å². The van der Waals surface area contributed by atoms with Crippen LogP contribution in [-0.2, 0) is 9.59 Å². The Morgan fingerprint density at radius 2 is 1.85 bits per heavy atom. The van der Waals surface area contributed by atoms with Crippen molar-refractivity contribution in [3.05, 3.63) is 77.2 Å². The predicted octanol–water partition coefficient (Wildman–Crippen LogP) is 4.17. The van der Waals surface area contributed by atoms with E-state index in [0.29, 0.717) is 45.8 Å². The zero-order valence-electron chi connectivity index (χ0n) is 30.5. The minimum atomic E-state index is -0.765. The summed E-state index contributed by atoms with van der Waals surface area (Å²) in [5.74, 6) is -0.110. The number of piperazine rings is 1. The Morgan fingerprint density at radius 3 is 2.65 bits per heavy atom. The largest absolute Gasteiger partial charge is 0.496 e. The number of amides is 3. The van der Waals surface area contributed by atoms with Crippen LogP contribution >= 0.6 is 0 Å². The minimum Gasteiger partial charge on any atom is -0.496 e. The van der Waals surface area contributed by atoms with E-state index in [1.807, 2.05) is 36.5 Å². The van der Waals surface area contributed by atoms with Crippen molar-refractivity contribution in [2.75, 3.05) is 50.1 Å². The van der Waals surface area contributed by atoms with Crippen molar-refractivity contribution in [1.29, 1.82) is 0 Å². The number of nitrogens with zero attached hydrogens (tertiary/aromatic N) is 8. The highest BCUT2D eigenvalue weighted by Gasteiger charge is 2.33. The number of hydrogen-bond donors (Lipinski definition) is 2. The second kappa shape index (κ2) is 14.3. The van der Waals surface area contributed by atoms with Crippen molar-refractivity contribution in [3.8, 4) is 5.75 Å². The number of para-hydroxylation sites is 1. The summed E-state index contributed by atoms with van der Waals surface area (Å²) >= 11 is 0. The zero-order valence-corrected chi connectivity index (χ0v) is 30.5. The molecular formula is C39H42N10O6. The highest BCUT2D eigenvalue weighted by molar-refractivity contribution is 6.08. The first-order valence-corrected chi connectivity index (χ1v) is 18.9. The van der Waals surface area contributed by atoms with Gasteiger partial charge >= 0.3 is 5.76 Å². The standard InChI is InChI=1S/C39H42N10O6/c1-54-32-21-28-25(20-27(32)37(51)42-34-22-40-33-6-3-14-41-49(33)34)23-47(44-28)26-9-7-24(8-10-26)13-15-45-16-18-46(19-17-45)29-4-2-5-30-36(29)55-39(53)48(30)31-11-12-35(50)43-38(31)52/h2-6,14,20-24,26,31H,7-13,15-19H2,1H3,(H,42,51)(H,43,50,52). The quantitative estimate of drug-likeness (QED) is 0.203. The Kier molecular flexibility index (Phi) is 9.04. The number of ether oxygens (including phenoxy) is 1. The second-order valence-electron chi connectivity index (χ2n) is 14.7. The van der Waals surface area contributed by atoms with Crippen LogP contribution in [0.15, 0.2) is 70.3 Å². The van der Waals surface area contributed by atoms with Gasteiger partial charge in [-0.25, -0.2) is 9.78 Å². The summed E-state index contributed by atoms with van der Waals surface area (Å²) in [5.41, 5.74) is 3.75. The third-order valence-electron chi connectivity index (χ3n) is 11.5. The Hall–Kier alpha value is -6.03. The summed E-state index contributed by atoms with van der Waals surface area (Å²) in [5, 5.41) is 15.3. The Bertz CT molecular complexity index is 2480. The number of nitrogens with one attached hydrogen (secondary N) is 2. The maximum absolute atomic E-state index is 13.4. The lowest BCUT2D eigenvalue weighted by molar-refractivity contribution is -0.135. The fraction of sp³-hybridized carbons (Fsp3) is 0.410. The normalized spacial score (nSPS) is 21.0. The van der Waals surface area contributed by atoms with E-state index in [9.17, 15) is 19.2 Å². The third kappa shape index (κ3) is 6.60. The van der Waals surface area contributed by atoms with Crippen molar-refractivity contribution < 1.29 is 23.5 Å². The van der Waals surface area contributed by atoms with Gasteiger partial charge in [-0.05, 0) is 81.3 Å². The average molecular weight is 747 g/mol. The first-order valence-electron chi connectivity index (χ1n) is 18.9. The molecule has 16 nitrogen and oxygen atoms in total. The zero-order chi connectivity index (χ0) is 37.6. The number of imide groups is 1.